The van der Waals surface area contributed by atoms with Crippen LogP contribution in [0.4, 0.5) is 0 Å². The first-order valence-corrected chi connectivity index (χ1v) is 9.25. The highest BCUT2D eigenvalue weighted by Gasteiger charge is 2.28. The van der Waals surface area contributed by atoms with Crippen LogP contribution in [-0.2, 0) is 4.79 Å². The molecule has 5 nitrogen and oxygen atoms in total. The summed E-state index contributed by atoms with van der Waals surface area (Å²) in [7, 11) is 0. The second kappa shape index (κ2) is 7.66. The third kappa shape index (κ3) is 3.87. The van der Waals surface area contributed by atoms with Crippen LogP contribution < -0.4 is 10.4 Å². The van der Waals surface area contributed by atoms with E-state index in [0.717, 1.165) is 43.3 Å². The minimum Gasteiger partial charge on any atom is -0.476 e. The van der Waals surface area contributed by atoms with Gasteiger partial charge in [-0.2, -0.15) is 0 Å². The van der Waals surface area contributed by atoms with Crippen molar-refractivity contribution in [3.63, 3.8) is 0 Å². The topological polar surface area (TPSA) is 59.8 Å². The van der Waals surface area contributed by atoms with E-state index < -0.39 is 11.7 Å². The molecule has 1 fully saturated rings. The third-order valence-electron chi connectivity index (χ3n) is 4.84. The van der Waals surface area contributed by atoms with Crippen molar-refractivity contribution in [2.75, 3.05) is 13.1 Å². The minimum absolute atomic E-state index is 0.0319. The van der Waals surface area contributed by atoms with Gasteiger partial charge in [-0.25, -0.2) is 4.79 Å². The first-order chi connectivity index (χ1) is 13.2. The van der Waals surface area contributed by atoms with Crippen molar-refractivity contribution in [1.29, 1.82) is 0 Å². The Hall–Kier alpha value is -3.08. The smallest absolute Gasteiger partial charge is 0.336 e. The van der Waals surface area contributed by atoms with Gasteiger partial charge in [0.2, 0.25) is 6.10 Å². The molecule has 0 aliphatic carbocycles. The van der Waals surface area contributed by atoms with Gasteiger partial charge in [-0.1, -0.05) is 30.3 Å². The Morgan fingerprint density at radius 3 is 2.48 bits per heavy atom. The highest BCUT2D eigenvalue weighted by atomic mass is 16.5. The average molecular weight is 363 g/mol. The second-order valence-corrected chi connectivity index (χ2v) is 6.75. The van der Waals surface area contributed by atoms with Crippen LogP contribution in [0, 0.1) is 0 Å². The molecule has 138 valence electrons. The SMILES string of the molecule is O=C([C@H](Oc1ccc2ccc(=O)oc2c1)c1ccccc1)N1CCCCC1. The zero-order valence-electron chi connectivity index (χ0n) is 15.0. The quantitative estimate of drug-likeness (QED) is 0.659. The maximum atomic E-state index is 13.1. The molecular formula is C22H21NO4. The fourth-order valence-corrected chi connectivity index (χ4v) is 3.42. The summed E-state index contributed by atoms with van der Waals surface area (Å²) in [4.78, 5) is 26.5. The van der Waals surface area contributed by atoms with Crippen LogP contribution >= 0.6 is 0 Å². The van der Waals surface area contributed by atoms with E-state index >= 15 is 0 Å². The van der Waals surface area contributed by atoms with Crippen molar-refractivity contribution in [3.05, 3.63) is 76.6 Å². The summed E-state index contributed by atoms with van der Waals surface area (Å²) in [6.07, 6.45) is 2.48. The number of amides is 1. The van der Waals surface area contributed by atoms with E-state index in [2.05, 4.69) is 0 Å². The van der Waals surface area contributed by atoms with Crippen LogP contribution in [0.1, 0.15) is 30.9 Å². The molecule has 0 saturated carbocycles. The number of hydrogen-bond donors (Lipinski definition) is 0. The zero-order valence-corrected chi connectivity index (χ0v) is 15.0. The molecule has 1 amide bonds. The van der Waals surface area contributed by atoms with Gasteiger partial charge in [0, 0.05) is 36.2 Å². The molecule has 0 N–H and O–H groups in total. The number of benzene rings is 2. The number of hydrogen-bond acceptors (Lipinski definition) is 4. The van der Waals surface area contributed by atoms with E-state index in [0.29, 0.717) is 11.3 Å². The number of nitrogens with zero attached hydrogens (tertiary/aromatic N) is 1. The molecule has 1 saturated heterocycles. The van der Waals surface area contributed by atoms with E-state index in [1.165, 1.54) is 6.07 Å². The molecule has 1 aromatic heterocycles. The molecular weight excluding hydrogens is 342 g/mol. The molecule has 1 aliphatic heterocycles. The summed E-state index contributed by atoms with van der Waals surface area (Å²) in [6.45, 7) is 1.52. The molecule has 3 aromatic rings. The molecule has 2 aromatic carbocycles. The molecule has 2 heterocycles. The number of carbonyl (C=O) groups is 1. The van der Waals surface area contributed by atoms with Gasteiger partial charge in [0.1, 0.15) is 11.3 Å². The number of fused-ring (bicyclic) bond motifs is 1. The van der Waals surface area contributed by atoms with E-state index in [1.807, 2.05) is 41.3 Å². The first kappa shape index (κ1) is 17.3. The number of rotatable bonds is 4. The molecule has 1 aliphatic rings. The highest BCUT2D eigenvalue weighted by Crippen LogP contribution is 2.27. The highest BCUT2D eigenvalue weighted by molar-refractivity contribution is 5.83. The summed E-state index contributed by atoms with van der Waals surface area (Å²) in [5.41, 5.74) is 0.837. The summed E-state index contributed by atoms with van der Waals surface area (Å²) in [6, 6.07) is 17.9. The first-order valence-electron chi connectivity index (χ1n) is 9.25. The Kier molecular flexibility index (Phi) is 4.92. The molecule has 0 spiro atoms. The number of ether oxygens (including phenoxy) is 1. The van der Waals surface area contributed by atoms with Crippen LogP contribution in [0.15, 0.2) is 69.9 Å². The monoisotopic (exact) mass is 363 g/mol. The fraction of sp³-hybridized carbons (Fsp3) is 0.273. The van der Waals surface area contributed by atoms with Crippen molar-refractivity contribution < 1.29 is 13.9 Å². The molecule has 0 bridgehead atoms. The zero-order chi connectivity index (χ0) is 18.6. The van der Waals surface area contributed by atoms with Crippen molar-refractivity contribution in [2.45, 2.75) is 25.4 Å². The Balaban J connectivity index is 1.66. The van der Waals surface area contributed by atoms with E-state index in [4.69, 9.17) is 9.15 Å². The number of carbonyl (C=O) groups excluding carboxylic acids is 1. The van der Waals surface area contributed by atoms with Gasteiger partial charge in [0.15, 0.2) is 0 Å². The normalized spacial score (nSPS) is 15.5. The summed E-state index contributed by atoms with van der Waals surface area (Å²) < 4.78 is 11.3. The second-order valence-electron chi connectivity index (χ2n) is 6.75. The van der Waals surface area contributed by atoms with Crippen LogP contribution in [0.3, 0.4) is 0 Å². The molecule has 0 radical (unpaired) electrons. The Bertz CT molecular complexity index is 990. The van der Waals surface area contributed by atoms with Gasteiger partial charge in [-0.15, -0.1) is 0 Å². The maximum Gasteiger partial charge on any atom is 0.336 e. The van der Waals surface area contributed by atoms with E-state index in [9.17, 15) is 9.59 Å². The lowest BCUT2D eigenvalue weighted by Crippen LogP contribution is -2.40. The van der Waals surface area contributed by atoms with Crippen molar-refractivity contribution in [3.8, 4) is 5.75 Å². The van der Waals surface area contributed by atoms with E-state index in [1.54, 1.807) is 18.2 Å². The predicted molar refractivity (Wildman–Crippen MR) is 103 cm³/mol. The number of likely N-dealkylation sites (tertiary alicyclic amines) is 1. The van der Waals surface area contributed by atoms with Gasteiger partial charge in [-0.3, -0.25) is 4.79 Å². The number of piperidine rings is 1. The minimum atomic E-state index is -0.725. The standard InChI is InChI=1S/C22H21NO4/c24-20-12-10-16-9-11-18(15-19(16)27-20)26-21(17-7-3-1-4-8-17)22(25)23-13-5-2-6-14-23/h1,3-4,7-12,15,21H,2,5-6,13-14H2/t21-/m1/s1. The molecule has 1 atom stereocenters. The van der Waals surface area contributed by atoms with Crippen molar-refractivity contribution >= 4 is 16.9 Å². The molecule has 5 heteroatoms. The molecule has 27 heavy (non-hydrogen) atoms. The fourth-order valence-electron chi connectivity index (χ4n) is 3.42. The van der Waals surface area contributed by atoms with Crippen LogP contribution in [-0.4, -0.2) is 23.9 Å². The summed E-state index contributed by atoms with van der Waals surface area (Å²) in [5.74, 6) is 0.464. The lowest BCUT2D eigenvalue weighted by atomic mass is 10.1. The maximum absolute atomic E-state index is 13.1. The van der Waals surface area contributed by atoms with Crippen LogP contribution in [0.5, 0.6) is 5.75 Å². The van der Waals surface area contributed by atoms with Crippen molar-refractivity contribution in [2.24, 2.45) is 0 Å². The Morgan fingerprint density at radius 2 is 1.70 bits per heavy atom. The Labute approximate surface area is 157 Å². The van der Waals surface area contributed by atoms with Crippen molar-refractivity contribution in [1.82, 2.24) is 4.90 Å². The lowest BCUT2D eigenvalue weighted by molar-refractivity contribution is -0.140. The van der Waals surface area contributed by atoms with Gasteiger partial charge in [-0.05, 0) is 37.5 Å². The van der Waals surface area contributed by atoms with Crippen LogP contribution in [0.25, 0.3) is 11.0 Å². The van der Waals surface area contributed by atoms with E-state index in [-0.39, 0.29) is 5.91 Å². The van der Waals surface area contributed by atoms with Gasteiger partial charge in [0.05, 0.1) is 0 Å². The summed E-state index contributed by atoms with van der Waals surface area (Å²) >= 11 is 0. The third-order valence-corrected chi connectivity index (χ3v) is 4.84. The predicted octanol–water partition coefficient (Wildman–Crippen LogP) is 3.93. The Morgan fingerprint density at radius 1 is 0.963 bits per heavy atom. The van der Waals surface area contributed by atoms with Gasteiger partial charge >= 0.3 is 5.63 Å². The van der Waals surface area contributed by atoms with Crippen LogP contribution in [0.2, 0.25) is 0 Å². The largest absolute Gasteiger partial charge is 0.476 e. The molecule has 4 rings (SSSR count). The summed E-state index contributed by atoms with van der Waals surface area (Å²) in [5, 5.41) is 0.806. The van der Waals surface area contributed by atoms with Gasteiger partial charge < -0.3 is 14.1 Å². The lowest BCUT2D eigenvalue weighted by Gasteiger charge is -2.30. The van der Waals surface area contributed by atoms with Gasteiger partial charge in [0.25, 0.3) is 5.91 Å². The molecule has 0 unspecified atom stereocenters. The average Bonchev–Trinajstić information content (AvgIpc) is 2.72.